The molecule has 0 saturated carbocycles. The van der Waals surface area contributed by atoms with Crippen molar-refractivity contribution in [2.75, 3.05) is 7.05 Å². The van der Waals surface area contributed by atoms with Gasteiger partial charge >= 0.3 is 0 Å². The number of nitrogens with zero attached hydrogens (tertiary/aromatic N) is 1. The smallest absolute Gasteiger partial charge is 0.0279 e. The van der Waals surface area contributed by atoms with Crippen LogP contribution in [0.5, 0.6) is 0 Å². The maximum absolute atomic E-state index is 4.03. The molecule has 0 aliphatic rings. The molecule has 2 rings (SSSR count). The molecule has 0 unspecified atom stereocenters. The summed E-state index contributed by atoms with van der Waals surface area (Å²) in [4.78, 5) is 6.50. The van der Waals surface area contributed by atoms with Crippen molar-refractivity contribution in [2.24, 2.45) is 0 Å². The normalized spacial score (nSPS) is 10.5. The van der Waals surface area contributed by atoms with Gasteiger partial charge in [-0.2, -0.15) is 0 Å². The average Bonchev–Trinajstić information content (AvgIpc) is 2.34. The third-order valence-electron chi connectivity index (χ3n) is 2.27. The van der Waals surface area contributed by atoms with E-state index < -0.39 is 0 Å². The highest BCUT2D eigenvalue weighted by Gasteiger charge is 2.04. The second-order valence-electron chi connectivity index (χ2n) is 3.57. The molecule has 0 saturated heterocycles. The zero-order valence-corrected chi connectivity index (χ0v) is 11.9. The lowest BCUT2D eigenvalue weighted by molar-refractivity contribution is 0.803. The van der Waals surface area contributed by atoms with Crippen molar-refractivity contribution in [1.82, 2.24) is 10.3 Å². The molecule has 4 heteroatoms. The van der Waals surface area contributed by atoms with Crippen LogP contribution in [0, 0.1) is 0 Å². The van der Waals surface area contributed by atoms with Crippen molar-refractivity contribution in [3.63, 3.8) is 0 Å². The van der Waals surface area contributed by atoms with E-state index in [-0.39, 0.29) is 0 Å². The fourth-order valence-electron chi connectivity index (χ4n) is 1.49. The number of hydrogen-bond donors (Lipinski definition) is 1. The van der Waals surface area contributed by atoms with Gasteiger partial charge in [0.15, 0.2) is 0 Å². The standard InChI is InChI=1S/C13H13BrN2S/c1-15-9-10-2-3-11(14)8-13(10)17-12-4-6-16-7-5-12/h2-8,15H,9H2,1H3. The number of benzene rings is 1. The summed E-state index contributed by atoms with van der Waals surface area (Å²) in [5.74, 6) is 0. The lowest BCUT2D eigenvalue weighted by Gasteiger charge is -2.09. The van der Waals surface area contributed by atoms with E-state index in [4.69, 9.17) is 0 Å². The Hall–Kier alpha value is -0.840. The van der Waals surface area contributed by atoms with Gasteiger partial charge in [-0.05, 0) is 36.9 Å². The lowest BCUT2D eigenvalue weighted by atomic mass is 10.2. The van der Waals surface area contributed by atoms with Crippen LogP contribution in [0.1, 0.15) is 5.56 Å². The van der Waals surface area contributed by atoms with Crippen LogP contribution in [-0.4, -0.2) is 12.0 Å². The van der Waals surface area contributed by atoms with Gasteiger partial charge < -0.3 is 5.32 Å². The second-order valence-corrected chi connectivity index (χ2v) is 5.60. The Balaban J connectivity index is 2.27. The van der Waals surface area contributed by atoms with Crippen LogP contribution in [-0.2, 0) is 6.54 Å². The summed E-state index contributed by atoms with van der Waals surface area (Å²) in [6.07, 6.45) is 3.64. The van der Waals surface area contributed by atoms with E-state index in [1.165, 1.54) is 15.4 Å². The van der Waals surface area contributed by atoms with Crippen molar-refractivity contribution in [1.29, 1.82) is 0 Å². The molecule has 88 valence electrons. The number of hydrogen-bond acceptors (Lipinski definition) is 3. The summed E-state index contributed by atoms with van der Waals surface area (Å²) in [5.41, 5.74) is 1.30. The van der Waals surface area contributed by atoms with Crippen molar-refractivity contribution in [3.8, 4) is 0 Å². The molecule has 2 aromatic rings. The first-order valence-electron chi connectivity index (χ1n) is 5.30. The molecule has 0 aliphatic carbocycles. The molecule has 1 heterocycles. The van der Waals surface area contributed by atoms with Gasteiger partial charge in [0.25, 0.3) is 0 Å². The molecule has 0 bridgehead atoms. The Morgan fingerprint density at radius 2 is 2.00 bits per heavy atom. The van der Waals surface area contributed by atoms with Crippen molar-refractivity contribution in [3.05, 3.63) is 52.8 Å². The topological polar surface area (TPSA) is 24.9 Å². The first-order valence-corrected chi connectivity index (χ1v) is 6.91. The van der Waals surface area contributed by atoms with Gasteiger partial charge in [-0.1, -0.05) is 33.8 Å². The summed E-state index contributed by atoms with van der Waals surface area (Å²) < 4.78 is 1.11. The van der Waals surface area contributed by atoms with Gasteiger partial charge in [-0.15, -0.1) is 0 Å². The maximum Gasteiger partial charge on any atom is 0.0279 e. The van der Waals surface area contributed by atoms with Gasteiger partial charge in [0, 0.05) is 33.2 Å². The minimum atomic E-state index is 0.876. The van der Waals surface area contributed by atoms with E-state index in [1.807, 2.05) is 31.6 Å². The fraction of sp³-hybridized carbons (Fsp3) is 0.154. The van der Waals surface area contributed by atoms with Crippen molar-refractivity contribution < 1.29 is 0 Å². The number of nitrogens with one attached hydrogen (secondary N) is 1. The quantitative estimate of drug-likeness (QED) is 0.932. The monoisotopic (exact) mass is 308 g/mol. The van der Waals surface area contributed by atoms with Gasteiger partial charge in [-0.3, -0.25) is 4.98 Å². The molecule has 1 N–H and O–H groups in total. The van der Waals surface area contributed by atoms with Crippen LogP contribution in [0.2, 0.25) is 0 Å². The first kappa shape index (κ1) is 12.6. The van der Waals surface area contributed by atoms with E-state index in [2.05, 4.69) is 44.4 Å². The molecule has 1 aromatic heterocycles. The predicted octanol–water partition coefficient (Wildman–Crippen LogP) is 3.71. The fourth-order valence-corrected chi connectivity index (χ4v) is 2.97. The zero-order valence-electron chi connectivity index (χ0n) is 9.48. The first-order chi connectivity index (χ1) is 8.29. The molecular formula is C13H13BrN2S. The van der Waals surface area contributed by atoms with Crippen LogP contribution in [0.3, 0.4) is 0 Å². The van der Waals surface area contributed by atoms with E-state index in [0.29, 0.717) is 0 Å². The minimum Gasteiger partial charge on any atom is -0.316 e. The van der Waals surface area contributed by atoms with Crippen molar-refractivity contribution in [2.45, 2.75) is 16.3 Å². The molecule has 0 radical (unpaired) electrons. The highest BCUT2D eigenvalue weighted by Crippen LogP contribution is 2.32. The van der Waals surface area contributed by atoms with Crippen LogP contribution < -0.4 is 5.32 Å². The Labute approximate surface area is 114 Å². The minimum absolute atomic E-state index is 0.876. The van der Waals surface area contributed by atoms with E-state index in [9.17, 15) is 0 Å². The molecule has 17 heavy (non-hydrogen) atoms. The highest BCUT2D eigenvalue weighted by molar-refractivity contribution is 9.10. The predicted molar refractivity (Wildman–Crippen MR) is 75.3 cm³/mol. The SMILES string of the molecule is CNCc1ccc(Br)cc1Sc1ccncc1. The Morgan fingerprint density at radius 3 is 2.71 bits per heavy atom. The van der Waals surface area contributed by atoms with Crippen LogP contribution in [0.25, 0.3) is 0 Å². The number of halogens is 1. The maximum atomic E-state index is 4.03. The van der Waals surface area contributed by atoms with Crippen LogP contribution in [0.15, 0.2) is 57.0 Å². The third-order valence-corrected chi connectivity index (χ3v) is 3.88. The summed E-state index contributed by atoms with van der Waals surface area (Å²) in [5, 5.41) is 3.19. The summed E-state index contributed by atoms with van der Waals surface area (Å²) >= 11 is 5.27. The Bertz CT molecular complexity index is 488. The molecule has 1 aromatic carbocycles. The zero-order chi connectivity index (χ0) is 12.1. The molecule has 0 fully saturated rings. The largest absolute Gasteiger partial charge is 0.316 e. The Morgan fingerprint density at radius 1 is 1.24 bits per heavy atom. The van der Waals surface area contributed by atoms with Crippen LogP contribution in [0.4, 0.5) is 0 Å². The highest BCUT2D eigenvalue weighted by atomic mass is 79.9. The molecule has 0 atom stereocenters. The Kier molecular flexibility index (Phi) is 4.59. The van der Waals surface area contributed by atoms with Gasteiger partial charge in [0.05, 0.1) is 0 Å². The average molecular weight is 309 g/mol. The van der Waals surface area contributed by atoms with E-state index >= 15 is 0 Å². The van der Waals surface area contributed by atoms with E-state index in [1.54, 1.807) is 11.8 Å². The molecule has 0 amide bonds. The molecule has 0 spiro atoms. The second kappa shape index (κ2) is 6.19. The summed E-state index contributed by atoms with van der Waals surface area (Å²) in [7, 11) is 1.96. The van der Waals surface area contributed by atoms with Gasteiger partial charge in [0.2, 0.25) is 0 Å². The van der Waals surface area contributed by atoms with Gasteiger partial charge in [0.1, 0.15) is 0 Å². The molecular weight excluding hydrogens is 296 g/mol. The van der Waals surface area contributed by atoms with Crippen molar-refractivity contribution >= 4 is 27.7 Å². The molecule has 2 nitrogen and oxygen atoms in total. The van der Waals surface area contributed by atoms with Gasteiger partial charge in [-0.25, -0.2) is 0 Å². The third kappa shape index (κ3) is 3.56. The van der Waals surface area contributed by atoms with Crippen LogP contribution >= 0.6 is 27.7 Å². The number of aromatic nitrogens is 1. The lowest BCUT2D eigenvalue weighted by Crippen LogP contribution is -2.05. The summed E-state index contributed by atoms with van der Waals surface area (Å²) in [6.45, 7) is 0.876. The molecule has 0 aliphatic heterocycles. The number of rotatable bonds is 4. The van der Waals surface area contributed by atoms with E-state index in [0.717, 1.165) is 11.0 Å². The number of pyridine rings is 1. The summed E-state index contributed by atoms with van der Waals surface area (Å²) in [6, 6.07) is 10.4.